The number of rotatable bonds is 11. The van der Waals surface area contributed by atoms with Crippen LogP contribution in [0.15, 0.2) is 65.9 Å². The summed E-state index contributed by atoms with van der Waals surface area (Å²) < 4.78 is 103. The molecule has 248 valence electrons. The minimum atomic E-state index is -5.00. The fourth-order valence-electron chi connectivity index (χ4n) is 4.17. The van der Waals surface area contributed by atoms with Crippen LogP contribution in [-0.2, 0) is 30.4 Å². The van der Waals surface area contributed by atoms with Gasteiger partial charge in [-0.25, -0.2) is 21.6 Å². The highest BCUT2D eigenvalue weighted by molar-refractivity contribution is 7.91. The molecule has 2 aromatic carbocycles. The number of hydrogen-bond donors (Lipinski definition) is 3. The molecule has 0 aromatic heterocycles. The smallest absolute Gasteiger partial charge is 0.326 e. The zero-order chi connectivity index (χ0) is 34.8. The van der Waals surface area contributed by atoms with Crippen molar-refractivity contribution in [2.75, 3.05) is 22.6 Å². The Labute approximate surface area is 273 Å². The van der Waals surface area contributed by atoms with E-state index in [0.717, 1.165) is 36.6 Å². The summed E-state index contributed by atoms with van der Waals surface area (Å²) in [6.45, 7) is 3.51. The van der Waals surface area contributed by atoms with Crippen LogP contribution in [0.4, 0.5) is 37.7 Å². The maximum absolute atomic E-state index is 14.8. The third kappa shape index (κ3) is 9.27. The first kappa shape index (κ1) is 36.9. The first-order valence-electron chi connectivity index (χ1n) is 12.6. The van der Waals surface area contributed by atoms with Gasteiger partial charge in [-0.2, -0.15) is 13.2 Å². The van der Waals surface area contributed by atoms with Gasteiger partial charge < -0.3 is 16.0 Å². The number of carbonyl (C=O) groups is 3. The molecule has 46 heavy (non-hydrogen) atoms. The predicted octanol–water partition coefficient (Wildman–Crippen LogP) is 6.33. The van der Waals surface area contributed by atoms with Crippen molar-refractivity contribution < 1.29 is 49.1 Å². The SMILES string of the molecule is C=C/C(=C\C=C(\Cl)CC(=O)Nc1ccc(F)c(NC(=O)CS(C)(=O)=O)c1F)NC(=O)[C@H]1[C@H](c2ccc(F)c(C(F)(F)F)c2)C1(Cl)Cl. The van der Waals surface area contributed by atoms with Crippen LogP contribution in [-0.4, -0.2) is 42.5 Å². The molecule has 2 atom stereocenters. The highest BCUT2D eigenvalue weighted by Crippen LogP contribution is 2.65. The molecule has 1 aliphatic carbocycles. The van der Waals surface area contributed by atoms with Crippen molar-refractivity contribution in [3.05, 3.63) is 94.4 Å². The Morgan fingerprint density at radius 2 is 1.63 bits per heavy atom. The molecule has 0 aliphatic heterocycles. The van der Waals surface area contributed by atoms with Crippen molar-refractivity contribution >= 4 is 73.7 Å². The van der Waals surface area contributed by atoms with E-state index in [1.165, 1.54) is 6.08 Å². The van der Waals surface area contributed by atoms with E-state index in [2.05, 4.69) is 17.2 Å². The molecule has 0 heterocycles. The highest BCUT2D eigenvalue weighted by atomic mass is 35.5. The number of allylic oxidation sites excluding steroid dienone is 3. The Balaban J connectivity index is 1.67. The third-order valence-electron chi connectivity index (χ3n) is 6.27. The molecule has 0 bridgehead atoms. The Hall–Kier alpha value is -3.53. The van der Waals surface area contributed by atoms with E-state index in [-0.39, 0.29) is 16.3 Å². The third-order valence-corrected chi connectivity index (χ3v) is 8.26. The summed E-state index contributed by atoms with van der Waals surface area (Å²) in [5.41, 5.74) is -3.20. The highest BCUT2D eigenvalue weighted by Gasteiger charge is 2.67. The van der Waals surface area contributed by atoms with Gasteiger partial charge in [-0.15, -0.1) is 23.2 Å². The lowest BCUT2D eigenvalue weighted by molar-refractivity contribution is -0.140. The zero-order valence-corrected chi connectivity index (χ0v) is 26.3. The summed E-state index contributed by atoms with van der Waals surface area (Å²) in [6.07, 6.45) is -1.29. The Morgan fingerprint density at radius 1 is 1.00 bits per heavy atom. The summed E-state index contributed by atoms with van der Waals surface area (Å²) in [4.78, 5) is 37.1. The Morgan fingerprint density at radius 3 is 2.22 bits per heavy atom. The van der Waals surface area contributed by atoms with Crippen molar-refractivity contribution in [1.82, 2.24) is 5.32 Å². The average Bonchev–Trinajstić information content (AvgIpc) is 3.50. The molecule has 3 rings (SSSR count). The zero-order valence-electron chi connectivity index (χ0n) is 23.2. The van der Waals surface area contributed by atoms with E-state index >= 15 is 0 Å². The largest absolute Gasteiger partial charge is 0.419 e. The van der Waals surface area contributed by atoms with Crippen LogP contribution < -0.4 is 16.0 Å². The lowest BCUT2D eigenvalue weighted by Gasteiger charge is -2.12. The molecule has 3 amide bonds. The second kappa shape index (κ2) is 14.1. The number of alkyl halides is 5. The molecule has 1 aliphatic rings. The van der Waals surface area contributed by atoms with Crippen LogP contribution in [0.3, 0.4) is 0 Å². The summed E-state index contributed by atoms with van der Waals surface area (Å²) in [5.74, 6) is -10.4. The predicted molar refractivity (Wildman–Crippen MR) is 160 cm³/mol. The molecule has 0 radical (unpaired) electrons. The van der Waals surface area contributed by atoms with E-state index in [0.29, 0.717) is 12.1 Å². The van der Waals surface area contributed by atoms with Gasteiger partial charge in [-0.3, -0.25) is 14.4 Å². The van der Waals surface area contributed by atoms with Gasteiger partial charge in [-0.1, -0.05) is 24.2 Å². The van der Waals surface area contributed by atoms with E-state index in [4.69, 9.17) is 34.8 Å². The van der Waals surface area contributed by atoms with Crippen LogP contribution in [0, 0.1) is 23.4 Å². The molecule has 2 aromatic rings. The second-order valence-electron chi connectivity index (χ2n) is 9.92. The molecule has 0 saturated heterocycles. The monoisotopic (exact) mass is 731 g/mol. The van der Waals surface area contributed by atoms with E-state index in [1.54, 1.807) is 5.32 Å². The number of amides is 3. The van der Waals surface area contributed by atoms with Crippen LogP contribution in [0.5, 0.6) is 0 Å². The van der Waals surface area contributed by atoms with Crippen molar-refractivity contribution in [3.63, 3.8) is 0 Å². The number of sulfone groups is 1. The molecule has 3 N–H and O–H groups in total. The van der Waals surface area contributed by atoms with Gasteiger partial charge >= 0.3 is 6.18 Å². The van der Waals surface area contributed by atoms with Gasteiger partial charge in [0.1, 0.15) is 27.4 Å². The van der Waals surface area contributed by atoms with E-state index < -0.39 is 96.5 Å². The van der Waals surface area contributed by atoms with Crippen LogP contribution in [0.2, 0.25) is 0 Å². The maximum Gasteiger partial charge on any atom is 0.419 e. The molecule has 0 spiro atoms. The first-order valence-corrected chi connectivity index (χ1v) is 15.8. The average molecular weight is 733 g/mol. The molecule has 1 saturated carbocycles. The number of carbonyl (C=O) groups excluding carboxylic acids is 3. The van der Waals surface area contributed by atoms with Crippen molar-refractivity contribution in [2.45, 2.75) is 22.8 Å². The summed E-state index contributed by atoms with van der Waals surface area (Å²) in [5, 5.41) is 6.18. The summed E-state index contributed by atoms with van der Waals surface area (Å²) in [7, 11) is -3.80. The number of anilines is 2. The van der Waals surface area contributed by atoms with Gasteiger partial charge in [0.2, 0.25) is 17.7 Å². The van der Waals surface area contributed by atoms with E-state index in [9.17, 15) is 49.1 Å². The van der Waals surface area contributed by atoms with Gasteiger partial charge in [0.15, 0.2) is 15.7 Å². The van der Waals surface area contributed by atoms with Crippen molar-refractivity contribution in [1.29, 1.82) is 0 Å². The van der Waals surface area contributed by atoms with Gasteiger partial charge in [0.25, 0.3) is 0 Å². The Kier molecular flexibility index (Phi) is 11.3. The minimum Gasteiger partial charge on any atom is -0.326 e. The molecule has 18 heteroatoms. The lowest BCUT2D eigenvalue weighted by atomic mass is 10.0. The molecule has 0 unspecified atom stereocenters. The summed E-state index contributed by atoms with van der Waals surface area (Å²) in [6, 6.07) is 3.73. The minimum absolute atomic E-state index is 0.00693. The fraction of sp³-hybridized carbons (Fsp3) is 0.250. The Bertz CT molecular complexity index is 1760. The van der Waals surface area contributed by atoms with Gasteiger partial charge in [-0.05, 0) is 48.1 Å². The van der Waals surface area contributed by atoms with Crippen molar-refractivity contribution in [3.8, 4) is 0 Å². The number of halogens is 9. The second-order valence-corrected chi connectivity index (χ2v) is 14.0. The number of benzene rings is 2. The maximum atomic E-state index is 14.8. The van der Waals surface area contributed by atoms with E-state index in [1.807, 2.05) is 0 Å². The molecule has 1 fully saturated rings. The fourth-order valence-corrected chi connectivity index (χ4v) is 5.73. The summed E-state index contributed by atoms with van der Waals surface area (Å²) >= 11 is 18.4. The van der Waals surface area contributed by atoms with Crippen LogP contribution >= 0.6 is 34.8 Å². The first-order chi connectivity index (χ1) is 21.1. The molecular formula is C28H22Cl3F6N3O5S. The molecule has 8 nitrogen and oxygen atoms in total. The van der Waals surface area contributed by atoms with Gasteiger partial charge in [0, 0.05) is 22.9 Å². The lowest BCUT2D eigenvalue weighted by Crippen LogP contribution is -2.25. The molecular weight excluding hydrogens is 711 g/mol. The van der Waals surface area contributed by atoms with Crippen LogP contribution in [0.25, 0.3) is 0 Å². The quantitative estimate of drug-likeness (QED) is 0.142. The number of hydrogen-bond acceptors (Lipinski definition) is 5. The standard InChI is InChI=1S/C28H22Cl3F6N3O5S/c1-3-15(38-26(43)23-22(27(23,30)31)13-4-7-17(32)16(10-13)28(35,36)37)6-5-14(29)11-20(41)39-19-9-8-18(33)25(24(19)34)40-21(42)12-46(2,44)45/h3-10,22-23H,1,11-12H2,2H3,(H,38,43)(H,39,41)(H,40,42)/b14-5+,15-6+/t22-,23+/m0/s1. The normalized spacial score (nSPS) is 18.0. The number of nitrogens with one attached hydrogen (secondary N) is 3. The van der Waals surface area contributed by atoms with Gasteiger partial charge in [0.05, 0.1) is 23.6 Å². The topological polar surface area (TPSA) is 121 Å². The van der Waals surface area contributed by atoms with Crippen LogP contribution in [0.1, 0.15) is 23.5 Å². The van der Waals surface area contributed by atoms with Crippen molar-refractivity contribution in [2.24, 2.45) is 5.92 Å².